The first kappa shape index (κ1) is 21.0. The van der Waals surface area contributed by atoms with Crippen LogP contribution in [0.1, 0.15) is 32.2 Å². The van der Waals surface area contributed by atoms with E-state index in [1.165, 1.54) is 48.9 Å². The normalized spacial score (nSPS) is 19.3. The Balaban J connectivity index is 1.20. The molecule has 1 aliphatic heterocycles. The van der Waals surface area contributed by atoms with Gasteiger partial charge in [0.2, 0.25) is 0 Å². The Hall–Kier alpha value is -1.74. The minimum atomic E-state index is 0.0467. The van der Waals surface area contributed by atoms with Gasteiger partial charge in [-0.05, 0) is 22.9 Å². The highest BCUT2D eigenvalue weighted by atomic mass is 32.1. The molecule has 1 aliphatic rings. The van der Waals surface area contributed by atoms with E-state index in [4.69, 9.17) is 0 Å². The minimum absolute atomic E-state index is 0.0467. The Morgan fingerprint density at radius 2 is 1.21 bits per heavy atom. The average molecular weight is 423 g/mol. The lowest BCUT2D eigenvalue weighted by molar-refractivity contribution is -1.01. The van der Waals surface area contributed by atoms with Gasteiger partial charge in [-0.25, -0.2) is 0 Å². The summed E-state index contributed by atoms with van der Waals surface area (Å²) in [7, 11) is 0. The van der Waals surface area contributed by atoms with Gasteiger partial charge < -0.3 is 20.4 Å². The van der Waals surface area contributed by atoms with Crippen LogP contribution in [0.25, 0.3) is 0 Å². The van der Waals surface area contributed by atoms with Crippen molar-refractivity contribution in [3.8, 4) is 0 Å². The zero-order chi connectivity index (χ0) is 19.6. The van der Waals surface area contributed by atoms with Gasteiger partial charge >= 0.3 is 0 Å². The quantitative estimate of drug-likeness (QED) is 0.391. The fourth-order valence-electron chi connectivity index (χ4n) is 3.53. The van der Waals surface area contributed by atoms with Crippen LogP contribution in [0.15, 0.2) is 35.0 Å². The van der Waals surface area contributed by atoms with Crippen molar-refractivity contribution in [1.82, 2.24) is 10.6 Å². The van der Waals surface area contributed by atoms with Crippen molar-refractivity contribution in [2.45, 2.75) is 12.8 Å². The molecule has 1 fully saturated rings. The molecule has 2 aromatic rings. The van der Waals surface area contributed by atoms with Gasteiger partial charge in [-0.15, -0.1) is 22.7 Å². The number of nitrogens with one attached hydrogen (secondary N) is 4. The van der Waals surface area contributed by atoms with Crippen molar-refractivity contribution >= 4 is 34.5 Å². The zero-order valence-corrected chi connectivity index (χ0v) is 17.8. The van der Waals surface area contributed by atoms with Crippen molar-refractivity contribution in [3.05, 3.63) is 44.8 Å². The standard InChI is InChI=1S/C20H28N4O2S2/c25-19(17-5-1-15-27-17)21-7-3-9-23-11-13-24(14-12-23)10-4-8-22-20(26)18-6-2-16-28-18/h1-2,5-6,15-16H,3-4,7-14H2,(H,21,25)(H,22,26)/p+2. The van der Waals surface area contributed by atoms with Crippen LogP contribution in [0.2, 0.25) is 0 Å². The second-order valence-corrected chi connectivity index (χ2v) is 9.07. The topological polar surface area (TPSA) is 67.1 Å². The van der Waals surface area contributed by atoms with Gasteiger partial charge in [0.15, 0.2) is 0 Å². The third-order valence-corrected chi connectivity index (χ3v) is 6.88. The molecule has 0 aromatic carbocycles. The monoisotopic (exact) mass is 422 g/mol. The van der Waals surface area contributed by atoms with E-state index >= 15 is 0 Å². The number of rotatable bonds is 10. The molecule has 4 N–H and O–H groups in total. The van der Waals surface area contributed by atoms with E-state index in [0.717, 1.165) is 48.8 Å². The summed E-state index contributed by atoms with van der Waals surface area (Å²) in [5.41, 5.74) is 0. The lowest BCUT2D eigenvalue weighted by Crippen LogP contribution is -3.28. The predicted octanol–water partition coefficient (Wildman–Crippen LogP) is -0.467. The van der Waals surface area contributed by atoms with Crippen molar-refractivity contribution in [2.75, 3.05) is 52.4 Å². The molecule has 6 nitrogen and oxygen atoms in total. The van der Waals surface area contributed by atoms with Crippen LogP contribution in [-0.2, 0) is 0 Å². The lowest BCUT2D eigenvalue weighted by Gasteiger charge is -2.29. The summed E-state index contributed by atoms with van der Waals surface area (Å²) in [6, 6.07) is 7.54. The van der Waals surface area contributed by atoms with Crippen LogP contribution in [0.3, 0.4) is 0 Å². The second kappa shape index (κ2) is 11.3. The fraction of sp³-hybridized carbons (Fsp3) is 0.500. The maximum atomic E-state index is 11.9. The number of hydrogen-bond acceptors (Lipinski definition) is 4. The maximum absolute atomic E-state index is 11.9. The Kier molecular flexibility index (Phi) is 8.47. The van der Waals surface area contributed by atoms with Gasteiger partial charge in [0.05, 0.1) is 22.8 Å². The SMILES string of the molecule is O=C(NCCC[NH+]1CC[NH+](CCCNC(=O)c2cccs2)CC1)c1cccs1. The summed E-state index contributed by atoms with van der Waals surface area (Å²) >= 11 is 2.97. The highest BCUT2D eigenvalue weighted by Crippen LogP contribution is 2.08. The first-order valence-corrected chi connectivity index (χ1v) is 11.8. The van der Waals surface area contributed by atoms with Crippen molar-refractivity contribution < 1.29 is 19.4 Å². The van der Waals surface area contributed by atoms with Gasteiger partial charge in [0, 0.05) is 25.9 Å². The van der Waals surface area contributed by atoms with E-state index in [0.29, 0.717) is 0 Å². The Morgan fingerprint density at radius 1 is 0.786 bits per heavy atom. The summed E-state index contributed by atoms with van der Waals surface area (Å²) in [6.07, 6.45) is 2.05. The van der Waals surface area contributed by atoms with E-state index in [1.807, 2.05) is 35.0 Å². The fourth-order valence-corrected chi connectivity index (χ4v) is 4.81. The molecule has 28 heavy (non-hydrogen) atoms. The third kappa shape index (κ3) is 6.70. The van der Waals surface area contributed by atoms with Gasteiger partial charge in [-0.2, -0.15) is 0 Å². The van der Waals surface area contributed by atoms with E-state index in [-0.39, 0.29) is 11.8 Å². The summed E-state index contributed by atoms with van der Waals surface area (Å²) in [6.45, 7) is 8.50. The van der Waals surface area contributed by atoms with Crippen LogP contribution in [0.4, 0.5) is 0 Å². The number of amides is 2. The summed E-state index contributed by atoms with van der Waals surface area (Å²) < 4.78 is 0. The minimum Gasteiger partial charge on any atom is -0.351 e. The molecule has 1 saturated heterocycles. The highest BCUT2D eigenvalue weighted by molar-refractivity contribution is 7.12. The van der Waals surface area contributed by atoms with Crippen LogP contribution < -0.4 is 20.4 Å². The molecule has 3 heterocycles. The van der Waals surface area contributed by atoms with Crippen molar-refractivity contribution in [2.24, 2.45) is 0 Å². The van der Waals surface area contributed by atoms with Gasteiger partial charge in [0.25, 0.3) is 11.8 Å². The van der Waals surface area contributed by atoms with Gasteiger partial charge in [-0.1, -0.05) is 12.1 Å². The number of carbonyl (C=O) groups excluding carboxylic acids is 2. The number of carbonyl (C=O) groups is 2. The van der Waals surface area contributed by atoms with Crippen LogP contribution in [-0.4, -0.2) is 64.2 Å². The zero-order valence-electron chi connectivity index (χ0n) is 16.2. The molecule has 8 heteroatoms. The van der Waals surface area contributed by atoms with Crippen LogP contribution in [0, 0.1) is 0 Å². The molecule has 0 radical (unpaired) electrons. The van der Waals surface area contributed by atoms with Crippen molar-refractivity contribution in [3.63, 3.8) is 0 Å². The maximum Gasteiger partial charge on any atom is 0.261 e. The molecule has 0 atom stereocenters. The van der Waals surface area contributed by atoms with Crippen molar-refractivity contribution in [1.29, 1.82) is 0 Å². The number of thiophene rings is 2. The summed E-state index contributed by atoms with van der Waals surface area (Å²) in [5.74, 6) is 0.0934. The predicted molar refractivity (Wildman–Crippen MR) is 114 cm³/mol. The lowest BCUT2D eigenvalue weighted by atomic mass is 10.2. The third-order valence-electron chi connectivity index (χ3n) is 5.14. The van der Waals surface area contributed by atoms with E-state index in [2.05, 4.69) is 10.6 Å². The smallest absolute Gasteiger partial charge is 0.261 e. The number of quaternary nitrogens is 2. The second-order valence-electron chi connectivity index (χ2n) is 7.17. The summed E-state index contributed by atoms with van der Waals surface area (Å²) in [4.78, 5) is 28.6. The van der Waals surface area contributed by atoms with Crippen LogP contribution >= 0.6 is 22.7 Å². The molecule has 2 aromatic heterocycles. The highest BCUT2D eigenvalue weighted by Gasteiger charge is 2.22. The van der Waals surface area contributed by atoms with Gasteiger partial charge in [-0.3, -0.25) is 9.59 Å². The molecular formula is C20H30N4O2S2+2. The Labute approximate surface area is 174 Å². The molecule has 0 unspecified atom stereocenters. The first-order valence-electron chi connectivity index (χ1n) is 10.0. The van der Waals surface area contributed by atoms with E-state index in [9.17, 15) is 9.59 Å². The molecule has 0 saturated carbocycles. The summed E-state index contributed by atoms with van der Waals surface area (Å²) in [5, 5.41) is 9.87. The van der Waals surface area contributed by atoms with Gasteiger partial charge in [0.1, 0.15) is 26.2 Å². The molecule has 0 spiro atoms. The average Bonchev–Trinajstić information content (AvgIpc) is 3.43. The number of hydrogen-bond donors (Lipinski definition) is 4. The molecule has 2 amide bonds. The molecule has 0 aliphatic carbocycles. The Morgan fingerprint density at radius 3 is 1.57 bits per heavy atom. The Bertz CT molecular complexity index is 648. The van der Waals surface area contributed by atoms with E-state index < -0.39 is 0 Å². The molecule has 3 rings (SSSR count). The molecule has 0 bridgehead atoms. The largest absolute Gasteiger partial charge is 0.351 e. The van der Waals surface area contributed by atoms with E-state index in [1.54, 1.807) is 9.80 Å². The number of piperazine rings is 1. The first-order chi connectivity index (χ1) is 13.7. The molecule has 152 valence electrons. The molecular weight excluding hydrogens is 392 g/mol. The van der Waals surface area contributed by atoms with Crippen LogP contribution in [0.5, 0.6) is 0 Å².